The summed E-state index contributed by atoms with van der Waals surface area (Å²) < 4.78 is 27.3. The summed E-state index contributed by atoms with van der Waals surface area (Å²) in [4.78, 5) is 9.29. The van der Waals surface area contributed by atoms with E-state index in [1.165, 1.54) is 0 Å². The van der Waals surface area contributed by atoms with Gasteiger partial charge in [0.15, 0.2) is 0 Å². The van der Waals surface area contributed by atoms with Gasteiger partial charge in [0.05, 0.1) is 11.5 Å². The lowest BCUT2D eigenvalue weighted by atomic mass is 10.8. The monoisotopic (exact) mass is 217 g/mol. The number of thiol groups is 1. The summed E-state index contributed by atoms with van der Waals surface area (Å²) in [6.45, 7) is -0.0289. The molecule has 0 atom stereocenters. The first-order valence-electron chi connectivity index (χ1n) is 2.81. The molecule has 0 aromatic heterocycles. The van der Waals surface area contributed by atoms with Crippen LogP contribution in [-0.2, 0) is 14.9 Å². The third kappa shape index (κ3) is 22.6. The van der Waals surface area contributed by atoms with E-state index in [-0.39, 0.29) is 18.1 Å². The Kier molecular flexibility index (Phi) is 8.71. The average molecular weight is 217 g/mol. The number of carboxylic acid groups (broad SMARTS) is 1. The highest BCUT2D eigenvalue weighted by molar-refractivity contribution is 7.85. The molecule has 0 unspecified atom stereocenters. The number of hydrogen-bond donors (Lipinski definition) is 4. The van der Waals surface area contributed by atoms with Crippen LogP contribution in [0.3, 0.4) is 0 Å². The smallest absolute Gasteiger partial charge is 0.313 e. The number of carbonyl (C=O) groups is 1. The van der Waals surface area contributed by atoms with Crippen molar-refractivity contribution in [2.45, 2.75) is 0 Å². The molecule has 0 spiro atoms. The van der Waals surface area contributed by atoms with Crippen molar-refractivity contribution in [3.05, 3.63) is 0 Å². The fourth-order valence-corrected chi connectivity index (χ4v) is 0.447. The van der Waals surface area contributed by atoms with E-state index < -0.39 is 16.1 Å². The molecule has 74 valence electrons. The van der Waals surface area contributed by atoms with E-state index in [0.29, 0.717) is 0 Å². The van der Waals surface area contributed by atoms with Crippen LogP contribution in [0.15, 0.2) is 0 Å². The lowest BCUT2D eigenvalue weighted by Crippen LogP contribution is -2.13. The molecule has 0 aromatic rings. The minimum Gasteiger partial charge on any atom is -0.481 e. The summed E-state index contributed by atoms with van der Waals surface area (Å²) in [6, 6.07) is 0. The van der Waals surface area contributed by atoms with Gasteiger partial charge in [-0.3, -0.25) is 9.35 Å². The molecule has 4 N–H and O–H groups in total. The molecule has 0 aliphatic heterocycles. The Morgan fingerprint density at radius 3 is 1.83 bits per heavy atom. The molecular formula is C4H11NO5S2. The van der Waals surface area contributed by atoms with Crippen molar-refractivity contribution in [3.8, 4) is 0 Å². The molecule has 6 nitrogen and oxygen atoms in total. The first kappa shape index (κ1) is 14.2. The van der Waals surface area contributed by atoms with Crippen LogP contribution < -0.4 is 5.73 Å². The second-order valence-electron chi connectivity index (χ2n) is 1.63. The van der Waals surface area contributed by atoms with Gasteiger partial charge < -0.3 is 10.8 Å². The van der Waals surface area contributed by atoms with Gasteiger partial charge in [-0.15, -0.1) is 0 Å². The van der Waals surface area contributed by atoms with Gasteiger partial charge >= 0.3 is 5.97 Å². The molecule has 0 bridgehead atoms. The predicted molar refractivity (Wildman–Crippen MR) is 47.0 cm³/mol. The lowest BCUT2D eigenvalue weighted by molar-refractivity contribution is -0.133. The molecule has 0 aliphatic carbocycles. The van der Waals surface area contributed by atoms with Gasteiger partial charge in [0.1, 0.15) is 0 Å². The molecule has 8 heteroatoms. The highest BCUT2D eigenvalue weighted by Gasteiger charge is 1.98. The zero-order valence-corrected chi connectivity index (χ0v) is 7.88. The van der Waals surface area contributed by atoms with Gasteiger partial charge in [-0.25, -0.2) is 0 Å². The number of carboxylic acids is 1. The van der Waals surface area contributed by atoms with Crippen molar-refractivity contribution >= 4 is 28.7 Å². The van der Waals surface area contributed by atoms with Crippen LogP contribution in [0.1, 0.15) is 0 Å². The number of nitrogens with two attached hydrogens (primary N) is 1. The van der Waals surface area contributed by atoms with Gasteiger partial charge in [-0.2, -0.15) is 21.0 Å². The van der Waals surface area contributed by atoms with E-state index in [0.717, 1.165) is 0 Å². The van der Waals surface area contributed by atoms with Crippen molar-refractivity contribution < 1.29 is 22.9 Å². The highest BCUT2D eigenvalue weighted by atomic mass is 32.2. The fourth-order valence-electron chi connectivity index (χ4n) is 0.149. The van der Waals surface area contributed by atoms with Crippen molar-refractivity contribution in [2.24, 2.45) is 5.73 Å². The molecular weight excluding hydrogens is 206 g/mol. The number of hydrogen-bond acceptors (Lipinski definition) is 5. The van der Waals surface area contributed by atoms with Crippen molar-refractivity contribution in [1.82, 2.24) is 0 Å². The molecule has 0 fully saturated rings. The van der Waals surface area contributed by atoms with Crippen LogP contribution in [0, 0.1) is 0 Å². The summed E-state index contributed by atoms with van der Waals surface area (Å²) in [5.41, 5.74) is 4.78. The maximum atomic E-state index is 9.71. The second kappa shape index (κ2) is 7.35. The third-order valence-electron chi connectivity index (χ3n) is 0.511. The molecule has 0 aromatic carbocycles. The highest BCUT2D eigenvalue weighted by Crippen LogP contribution is 1.74. The van der Waals surface area contributed by atoms with Crippen LogP contribution in [0.4, 0.5) is 0 Å². The normalized spacial score (nSPS) is 9.92. The molecule has 0 heterocycles. The lowest BCUT2D eigenvalue weighted by Gasteiger charge is -1.86. The number of aliphatic carboxylic acids is 1. The zero-order valence-electron chi connectivity index (χ0n) is 6.17. The van der Waals surface area contributed by atoms with Gasteiger partial charge in [0, 0.05) is 6.54 Å². The first-order chi connectivity index (χ1) is 5.33. The van der Waals surface area contributed by atoms with E-state index in [2.05, 4.69) is 12.6 Å². The van der Waals surface area contributed by atoms with Gasteiger partial charge in [-0.05, 0) is 0 Å². The van der Waals surface area contributed by atoms with E-state index in [1.807, 2.05) is 0 Å². The Morgan fingerprint density at radius 1 is 1.50 bits per heavy atom. The van der Waals surface area contributed by atoms with E-state index in [9.17, 15) is 13.2 Å². The topological polar surface area (TPSA) is 118 Å². The SMILES string of the molecule is NCCS(=O)(=O)O.O=C(O)CS. The van der Waals surface area contributed by atoms with E-state index >= 15 is 0 Å². The van der Waals surface area contributed by atoms with Crippen molar-refractivity contribution in [2.75, 3.05) is 18.1 Å². The van der Waals surface area contributed by atoms with Crippen LogP contribution >= 0.6 is 12.6 Å². The minimum atomic E-state index is -3.80. The van der Waals surface area contributed by atoms with Gasteiger partial charge in [-0.1, -0.05) is 0 Å². The third-order valence-corrected chi connectivity index (χ3v) is 1.53. The van der Waals surface area contributed by atoms with Crippen molar-refractivity contribution in [3.63, 3.8) is 0 Å². The van der Waals surface area contributed by atoms with Gasteiger partial charge in [0.25, 0.3) is 10.1 Å². The van der Waals surface area contributed by atoms with Crippen LogP contribution in [0.25, 0.3) is 0 Å². The van der Waals surface area contributed by atoms with Gasteiger partial charge in [0.2, 0.25) is 0 Å². The van der Waals surface area contributed by atoms with Crippen LogP contribution in [0.2, 0.25) is 0 Å². The molecule has 0 saturated carbocycles. The molecule has 12 heavy (non-hydrogen) atoms. The Hall–Kier alpha value is -0.310. The fraction of sp³-hybridized carbons (Fsp3) is 0.750. The quantitative estimate of drug-likeness (QED) is 0.349. The van der Waals surface area contributed by atoms with Crippen molar-refractivity contribution in [1.29, 1.82) is 0 Å². The summed E-state index contributed by atoms with van der Waals surface area (Å²) in [5.74, 6) is -1.32. The molecule has 0 aliphatic rings. The summed E-state index contributed by atoms with van der Waals surface area (Å²) >= 11 is 3.42. The maximum absolute atomic E-state index is 9.71. The van der Waals surface area contributed by atoms with E-state index in [1.54, 1.807) is 0 Å². The maximum Gasteiger partial charge on any atom is 0.313 e. The Labute approximate surface area is 75.9 Å². The number of rotatable bonds is 3. The predicted octanol–water partition coefficient (Wildman–Crippen LogP) is -1.17. The molecule has 0 amide bonds. The Morgan fingerprint density at radius 2 is 1.83 bits per heavy atom. The first-order valence-corrected chi connectivity index (χ1v) is 5.05. The Balaban J connectivity index is 0. The summed E-state index contributed by atoms with van der Waals surface area (Å²) in [7, 11) is -3.80. The largest absolute Gasteiger partial charge is 0.481 e. The molecule has 0 rings (SSSR count). The summed E-state index contributed by atoms with van der Waals surface area (Å²) in [5, 5.41) is 7.65. The molecule has 0 radical (unpaired) electrons. The minimum absolute atomic E-state index is 0.0289. The average Bonchev–Trinajstić information content (AvgIpc) is 1.86. The van der Waals surface area contributed by atoms with Crippen LogP contribution in [-0.4, -0.2) is 42.1 Å². The second-order valence-corrected chi connectivity index (χ2v) is 3.51. The standard InChI is InChI=1S/C2H7NO3S.C2H4O2S/c3-1-2-7(4,5)6;3-2(4)1-5/h1-3H2,(H,4,5,6);5H,1H2,(H,3,4). The van der Waals surface area contributed by atoms with Crippen LogP contribution in [0.5, 0.6) is 0 Å². The summed E-state index contributed by atoms with van der Waals surface area (Å²) in [6.07, 6.45) is 0. The zero-order chi connectivity index (χ0) is 10.2. The molecule has 0 saturated heterocycles. The van der Waals surface area contributed by atoms with E-state index in [4.69, 9.17) is 15.4 Å². The Bertz CT molecular complexity index is 211.